The number of benzene rings is 1. The van der Waals surface area contributed by atoms with Crippen molar-refractivity contribution in [2.45, 2.75) is 19.9 Å². The first kappa shape index (κ1) is 19.4. The van der Waals surface area contributed by atoms with E-state index in [0.717, 1.165) is 36.5 Å². The van der Waals surface area contributed by atoms with E-state index in [0.29, 0.717) is 29.2 Å². The maximum absolute atomic E-state index is 10.6. The standard InChI is InChI=1S/C22H24N8O/c1-14(2)18-12-30(8-5-23-18)22-26-10-17(27-28-22)16-4-3-15(9-20(16)31)19-13-29-7-6-24-21(29)11-25-19/h3-4,6-7,9-11,13-14,18,23,31H,5,8,12H2,1-2H3/t18-/m1/s1. The number of imidazole rings is 1. The van der Waals surface area contributed by atoms with Crippen LogP contribution in [0.25, 0.3) is 28.2 Å². The minimum absolute atomic E-state index is 0.107. The molecule has 0 amide bonds. The van der Waals surface area contributed by atoms with Crippen LogP contribution >= 0.6 is 0 Å². The number of nitrogens with zero attached hydrogens (tertiary/aromatic N) is 7. The van der Waals surface area contributed by atoms with Gasteiger partial charge in [-0.05, 0) is 18.1 Å². The lowest BCUT2D eigenvalue weighted by atomic mass is 10.0. The molecule has 0 unspecified atom stereocenters. The summed E-state index contributed by atoms with van der Waals surface area (Å²) in [6.07, 6.45) is 8.83. The molecule has 3 aromatic heterocycles. The number of hydrogen-bond acceptors (Lipinski definition) is 8. The van der Waals surface area contributed by atoms with E-state index < -0.39 is 0 Å². The highest BCUT2D eigenvalue weighted by Gasteiger charge is 2.23. The average Bonchev–Trinajstić information content (AvgIpc) is 3.27. The van der Waals surface area contributed by atoms with Gasteiger partial charge in [-0.2, -0.15) is 0 Å². The lowest BCUT2D eigenvalue weighted by Crippen LogP contribution is -2.53. The third-order valence-corrected chi connectivity index (χ3v) is 5.69. The van der Waals surface area contributed by atoms with Gasteiger partial charge < -0.3 is 19.7 Å². The van der Waals surface area contributed by atoms with Crippen LogP contribution in [0.2, 0.25) is 0 Å². The summed E-state index contributed by atoms with van der Waals surface area (Å²) in [5, 5.41) is 22.8. The number of aromatic nitrogens is 6. The van der Waals surface area contributed by atoms with Crippen LogP contribution in [0.5, 0.6) is 5.75 Å². The van der Waals surface area contributed by atoms with Crippen LogP contribution in [0, 0.1) is 5.92 Å². The molecule has 158 valence electrons. The Hall–Kier alpha value is -3.59. The van der Waals surface area contributed by atoms with E-state index in [9.17, 15) is 5.11 Å². The molecule has 4 aromatic rings. The van der Waals surface area contributed by atoms with E-state index in [1.165, 1.54) is 0 Å². The Kier molecular flexibility index (Phi) is 4.95. The van der Waals surface area contributed by atoms with Crippen LogP contribution in [0.4, 0.5) is 5.95 Å². The van der Waals surface area contributed by atoms with Crippen molar-refractivity contribution in [3.05, 3.63) is 49.2 Å². The second kappa shape index (κ2) is 7.92. The van der Waals surface area contributed by atoms with Crippen molar-refractivity contribution in [3.8, 4) is 28.3 Å². The molecule has 0 saturated carbocycles. The van der Waals surface area contributed by atoms with Crippen molar-refractivity contribution in [3.63, 3.8) is 0 Å². The van der Waals surface area contributed by atoms with Crippen molar-refractivity contribution >= 4 is 11.6 Å². The van der Waals surface area contributed by atoms with E-state index >= 15 is 0 Å². The first-order chi connectivity index (χ1) is 15.1. The summed E-state index contributed by atoms with van der Waals surface area (Å²) in [5.74, 6) is 1.26. The zero-order valence-corrected chi connectivity index (χ0v) is 17.5. The largest absolute Gasteiger partial charge is 0.507 e. The molecule has 5 rings (SSSR count). The van der Waals surface area contributed by atoms with Gasteiger partial charge in [-0.15, -0.1) is 10.2 Å². The third-order valence-electron chi connectivity index (χ3n) is 5.69. The van der Waals surface area contributed by atoms with E-state index in [1.54, 1.807) is 24.7 Å². The maximum atomic E-state index is 10.6. The fourth-order valence-corrected chi connectivity index (χ4v) is 3.83. The van der Waals surface area contributed by atoms with Gasteiger partial charge in [-0.1, -0.05) is 19.9 Å². The van der Waals surface area contributed by atoms with E-state index in [1.807, 2.05) is 28.9 Å². The van der Waals surface area contributed by atoms with Crippen LogP contribution < -0.4 is 10.2 Å². The zero-order chi connectivity index (χ0) is 21.4. The molecule has 1 aromatic carbocycles. The molecule has 1 atom stereocenters. The predicted octanol–water partition coefficient (Wildman–Crippen LogP) is 2.39. The predicted molar refractivity (Wildman–Crippen MR) is 118 cm³/mol. The summed E-state index contributed by atoms with van der Waals surface area (Å²) in [7, 11) is 0. The van der Waals surface area contributed by atoms with Crippen molar-refractivity contribution in [2.75, 3.05) is 24.5 Å². The quantitative estimate of drug-likeness (QED) is 0.523. The Bertz CT molecular complexity index is 1200. The second-order valence-electron chi connectivity index (χ2n) is 8.09. The Balaban J connectivity index is 1.37. The Morgan fingerprint density at radius 1 is 1.10 bits per heavy atom. The van der Waals surface area contributed by atoms with Crippen LogP contribution in [0.3, 0.4) is 0 Å². The van der Waals surface area contributed by atoms with Gasteiger partial charge in [0, 0.05) is 55.4 Å². The first-order valence-electron chi connectivity index (χ1n) is 10.4. The molecule has 31 heavy (non-hydrogen) atoms. The van der Waals surface area contributed by atoms with Crippen LogP contribution in [-0.2, 0) is 0 Å². The molecular weight excluding hydrogens is 392 g/mol. The molecule has 4 heterocycles. The zero-order valence-electron chi connectivity index (χ0n) is 17.5. The molecule has 1 aliphatic heterocycles. The van der Waals surface area contributed by atoms with Crippen LogP contribution in [-0.4, -0.2) is 60.3 Å². The Morgan fingerprint density at radius 2 is 2.00 bits per heavy atom. The van der Waals surface area contributed by atoms with Gasteiger partial charge in [0.05, 0.1) is 18.1 Å². The summed E-state index contributed by atoms with van der Waals surface area (Å²) in [6.45, 7) is 7.01. The number of nitrogens with one attached hydrogen (secondary N) is 1. The van der Waals surface area contributed by atoms with Gasteiger partial charge in [0.15, 0.2) is 5.65 Å². The summed E-state index contributed by atoms with van der Waals surface area (Å²) in [6, 6.07) is 5.80. The molecule has 9 nitrogen and oxygen atoms in total. The second-order valence-corrected chi connectivity index (χ2v) is 8.09. The lowest BCUT2D eigenvalue weighted by molar-refractivity contribution is 0.365. The Labute approximate surface area is 179 Å². The monoisotopic (exact) mass is 416 g/mol. The maximum Gasteiger partial charge on any atom is 0.245 e. The number of phenols is 1. The number of hydrogen-bond donors (Lipinski definition) is 2. The third kappa shape index (κ3) is 3.79. The van der Waals surface area contributed by atoms with Gasteiger partial charge in [0.25, 0.3) is 0 Å². The molecular formula is C22H24N8O. The van der Waals surface area contributed by atoms with Crippen molar-refractivity contribution in [2.24, 2.45) is 5.92 Å². The number of phenolic OH excluding ortho intramolecular Hbond substituents is 1. The van der Waals surface area contributed by atoms with Gasteiger partial charge in [-0.25, -0.2) is 9.97 Å². The average molecular weight is 416 g/mol. The fourth-order valence-electron chi connectivity index (χ4n) is 3.83. The summed E-state index contributed by atoms with van der Waals surface area (Å²) in [4.78, 5) is 15.3. The molecule has 9 heteroatoms. The molecule has 2 N–H and O–H groups in total. The van der Waals surface area contributed by atoms with E-state index in [-0.39, 0.29) is 5.75 Å². The summed E-state index contributed by atoms with van der Waals surface area (Å²) < 4.78 is 1.89. The van der Waals surface area contributed by atoms with Crippen LogP contribution in [0.1, 0.15) is 13.8 Å². The Morgan fingerprint density at radius 3 is 2.77 bits per heavy atom. The van der Waals surface area contributed by atoms with E-state index in [4.69, 9.17) is 0 Å². The number of fused-ring (bicyclic) bond motifs is 1. The normalized spacial score (nSPS) is 16.9. The number of aromatic hydroxyl groups is 1. The molecule has 0 radical (unpaired) electrons. The highest BCUT2D eigenvalue weighted by Crippen LogP contribution is 2.31. The number of piperazine rings is 1. The molecule has 1 saturated heterocycles. The smallest absolute Gasteiger partial charge is 0.245 e. The SMILES string of the molecule is CC(C)[C@H]1CN(c2ncc(-c3ccc(-c4cn5ccnc5cn4)cc3O)nn2)CCN1. The molecule has 1 fully saturated rings. The number of rotatable bonds is 4. The summed E-state index contributed by atoms with van der Waals surface area (Å²) in [5.41, 5.74) is 3.43. The summed E-state index contributed by atoms with van der Waals surface area (Å²) >= 11 is 0. The molecule has 0 bridgehead atoms. The first-order valence-corrected chi connectivity index (χ1v) is 10.4. The van der Waals surface area contributed by atoms with Crippen molar-refractivity contribution in [1.82, 2.24) is 34.9 Å². The highest BCUT2D eigenvalue weighted by molar-refractivity contribution is 5.72. The fraction of sp³-hybridized carbons (Fsp3) is 0.318. The molecule has 0 spiro atoms. The number of anilines is 1. The van der Waals surface area contributed by atoms with Crippen molar-refractivity contribution < 1.29 is 5.11 Å². The topological polar surface area (TPSA) is 104 Å². The van der Waals surface area contributed by atoms with Gasteiger partial charge in [0.1, 0.15) is 11.4 Å². The van der Waals surface area contributed by atoms with E-state index in [2.05, 4.69) is 49.2 Å². The van der Waals surface area contributed by atoms with Crippen LogP contribution in [0.15, 0.2) is 49.2 Å². The minimum atomic E-state index is 0.107. The highest BCUT2D eigenvalue weighted by atomic mass is 16.3. The van der Waals surface area contributed by atoms with Gasteiger partial charge in [0.2, 0.25) is 5.95 Å². The molecule has 1 aliphatic rings. The lowest BCUT2D eigenvalue weighted by Gasteiger charge is -2.35. The minimum Gasteiger partial charge on any atom is -0.507 e. The van der Waals surface area contributed by atoms with Gasteiger partial charge >= 0.3 is 0 Å². The van der Waals surface area contributed by atoms with Gasteiger partial charge in [-0.3, -0.25) is 4.98 Å². The van der Waals surface area contributed by atoms with Crippen molar-refractivity contribution in [1.29, 1.82) is 0 Å². The molecule has 0 aliphatic carbocycles.